The quantitative estimate of drug-likeness (QED) is 0.747. The largest absolute Gasteiger partial charge is 0.346 e. The molecule has 0 bridgehead atoms. The van der Waals surface area contributed by atoms with Crippen molar-refractivity contribution in [3.63, 3.8) is 0 Å². The van der Waals surface area contributed by atoms with Gasteiger partial charge in [0.2, 0.25) is 0 Å². The van der Waals surface area contributed by atoms with E-state index in [9.17, 15) is 0 Å². The van der Waals surface area contributed by atoms with Crippen LogP contribution in [-0.2, 0) is 14.3 Å². The molecule has 3 rings (SSSR count). The Balaban J connectivity index is 1.81. The highest BCUT2D eigenvalue weighted by atomic mass is 16.7. The summed E-state index contributed by atoms with van der Waals surface area (Å²) in [5, 5.41) is 2.16. The van der Waals surface area contributed by atoms with E-state index < -0.39 is 5.79 Å². The van der Waals surface area contributed by atoms with Crippen molar-refractivity contribution in [2.45, 2.75) is 70.4 Å². The molecule has 4 nitrogen and oxygen atoms in total. The first-order valence-electron chi connectivity index (χ1n) is 9.19. The highest BCUT2D eigenvalue weighted by Gasteiger charge is 2.55. The molecule has 1 fully saturated rings. The van der Waals surface area contributed by atoms with Crippen molar-refractivity contribution in [1.29, 1.82) is 0 Å². The predicted molar refractivity (Wildman–Crippen MR) is 98.9 cm³/mol. The molecule has 2 aliphatic heterocycles. The Kier molecular flexibility index (Phi) is 5.09. The number of benzene rings is 1. The van der Waals surface area contributed by atoms with Crippen LogP contribution in [0.5, 0.6) is 0 Å². The van der Waals surface area contributed by atoms with Gasteiger partial charge in [-0.25, -0.2) is 0 Å². The summed E-state index contributed by atoms with van der Waals surface area (Å²) in [4.78, 5) is 6.48. The molecule has 1 saturated heterocycles. The van der Waals surface area contributed by atoms with Gasteiger partial charge in [-0.15, -0.1) is 0 Å². The molecule has 0 saturated carbocycles. The van der Waals surface area contributed by atoms with E-state index in [1.165, 1.54) is 5.56 Å². The van der Waals surface area contributed by atoms with Crippen molar-refractivity contribution >= 4 is 0 Å². The first-order valence-corrected chi connectivity index (χ1v) is 9.19. The Hall–Kier alpha value is -1.20. The molecule has 138 valence electrons. The van der Waals surface area contributed by atoms with Gasteiger partial charge >= 0.3 is 0 Å². The zero-order chi connectivity index (χ0) is 18.1. The van der Waals surface area contributed by atoms with Crippen molar-refractivity contribution in [2.75, 3.05) is 13.2 Å². The molecule has 1 unspecified atom stereocenters. The lowest BCUT2D eigenvalue weighted by Gasteiger charge is -2.57. The maximum Gasteiger partial charge on any atom is 0.172 e. The molecule has 1 aromatic carbocycles. The van der Waals surface area contributed by atoms with E-state index in [0.29, 0.717) is 13.2 Å². The van der Waals surface area contributed by atoms with Gasteiger partial charge in [-0.3, -0.25) is 4.84 Å². The summed E-state index contributed by atoms with van der Waals surface area (Å²) in [7, 11) is 0. The van der Waals surface area contributed by atoms with Crippen molar-refractivity contribution in [2.24, 2.45) is 0 Å². The lowest BCUT2D eigenvalue weighted by Crippen LogP contribution is -2.66. The minimum Gasteiger partial charge on any atom is -0.346 e. The number of hydrogen-bond acceptors (Lipinski definition) is 4. The van der Waals surface area contributed by atoms with Gasteiger partial charge in [0, 0.05) is 23.9 Å². The molecule has 0 aliphatic carbocycles. The molecule has 0 radical (unpaired) electrons. The number of nitrogens with zero attached hydrogens (tertiary/aromatic N) is 1. The van der Waals surface area contributed by atoms with Gasteiger partial charge in [0.25, 0.3) is 0 Å². The van der Waals surface area contributed by atoms with Gasteiger partial charge in [0.05, 0.1) is 13.2 Å². The second kappa shape index (κ2) is 6.84. The number of rotatable bonds is 3. The zero-order valence-corrected chi connectivity index (χ0v) is 16.1. The van der Waals surface area contributed by atoms with Gasteiger partial charge in [0.15, 0.2) is 5.79 Å². The molecule has 1 atom stereocenters. The number of piperidine rings is 1. The van der Waals surface area contributed by atoms with E-state index in [-0.39, 0.29) is 17.2 Å². The lowest BCUT2D eigenvalue weighted by atomic mass is 9.78. The second-order valence-corrected chi connectivity index (χ2v) is 8.44. The third kappa shape index (κ3) is 3.98. The van der Waals surface area contributed by atoms with Crippen molar-refractivity contribution in [3.05, 3.63) is 48.0 Å². The van der Waals surface area contributed by atoms with Crippen molar-refractivity contribution in [1.82, 2.24) is 5.06 Å². The lowest BCUT2D eigenvalue weighted by molar-refractivity contribution is -0.364. The van der Waals surface area contributed by atoms with E-state index in [0.717, 1.165) is 12.8 Å². The van der Waals surface area contributed by atoms with Gasteiger partial charge in [0.1, 0.15) is 6.10 Å². The first-order chi connectivity index (χ1) is 11.7. The highest BCUT2D eigenvalue weighted by molar-refractivity contribution is 5.17. The topological polar surface area (TPSA) is 30.9 Å². The summed E-state index contributed by atoms with van der Waals surface area (Å²) in [5.41, 5.74) is 0.755. The second-order valence-electron chi connectivity index (χ2n) is 8.44. The van der Waals surface area contributed by atoms with Crippen LogP contribution >= 0.6 is 0 Å². The summed E-state index contributed by atoms with van der Waals surface area (Å²) < 4.78 is 12.3. The smallest absolute Gasteiger partial charge is 0.172 e. The number of hydrogen-bond donors (Lipinski definition) is 0. The van der Waals surface area contributed by atoms with Crippen molar-refractivity contribution in [3.8, 4) is 0 Å². The SMILES string of the molecule is CC(ON1C(C)(C)CC2(CC1(C)C)OCC=CCO2)c1ccccc1. The van der Waals surface area contributed by atoms with Crippen LogP contribution in [-0.4, -0.2) is 35.1 Å². The van der Waals surface area contributed by atoms with Crippen LogP contribution in [0.1, 0.15) is 59.1 Å². The summed E-state index contributed by atoms with van der Waals surface area (Å²) in [6.07, 6.45) is 5.61. The Morgan fingerprint density at radius 3 is 1.96 bits per heavy atom. The van der Waals surface area contributed by atoms with Crippen LogP contribution in [0, 0.1) is 0 Å². The van der Waals surface area contributed by atoms with Crippen LogP contribution in [0.25, 0.3) is 0 Å². The number of hydroxylamine groups is 2. The molecule has 25 heavy (non-hydrogen) atoms. The molecule has 1 spiro atoms. The standard InChI is InChI=1S/C21H31NO3/c1-17(18-11-7-6-8-12-18)25-22-19(2,3)15-21(16-20(22,4)5)23-13-9-10-14-24-21/h6-12,17H,13-16H2,1-5H3. The monoisotopic (exact) mass is 345 g/mol. The third-order valence-corrected chi connectivity index (χ3v) is 5.09. The Bertz CT molecular complexity index is 579. The first kappa shape index (κ1) is 18.6. The summed E-state index contributed by atoms with van der Waals surface area (Å²) in [5.74, 6) is -0.549. The van der Waals surface area contributed by atoms with Crippen molar-refractivity contribution < 1.29 is 14.3 Å². The van der Waals surface area contributed by atoms with Crippen LogP contribution < -0.4 is 0 Å². The highest BCUT2D eigenvalue weighted by Crippen LogP contribution is 2.47. The molecular weight excluding hydrogens is 314 g/mol. The average Bonchev–Trinajstić information content (AvgIpc) is 2.76. The maximum absolute atomic E-state index is 6.48. The summed E-state index contributed by atoms with van der Waals surface area (Å²) in [6, 6.07) is 10.4. The Labute approximate surface area is 151 Å². The van der Waals surface area contributed by atoms with Crippen LogP contribution in [0.4, 0.5) is 0 Å². The Morgan fingerprint density at radius 2 is 1.44 bits per heavy atom. The minimum absolute atomic E-state index is 0.00793. The van der Waals surface area contributed by atoms with E-state index in [2.05, 4.69) is 63.9 Å². The zero-order valence-electron chi connectivity index (χ0n) is 16.1. The fourth-order valence-corrected chi connectivity index (χ4v) is 4.35. The fraction of sp³-hybridized carbons (Fsp3) is 0.619. The molecule has 2 heterocycles. The molecule has 4 heteroatoms. The normalized spacial score (nSPS) is 26.3. The third-order valence-electron chi connectivity index (χ3n) is 5.09. The van der Waals surface area contributed by atoms with Crippen LogP contribution in [0.15, 0.2) is 42.5 Å². The van der Waals surface area contributed by atoms with E-state index in [1.807, 2.05) is 18.2 Å². The van der Waals surface area contributed by atoms with Gasteiger partial charge < -0.3 is 9.47 Å². The molecule has 0 N–H and O–H groups in total. The van der Waals surface area contributed by atoms with Gasteiger partial charge in [-0.1, -0.05) is 42.5 Å². The van der Waals surface area contributed by atoms with Crippen LogP contribution in [0.3, 0.4) is 0 Å². The van der Waals surface area contributed by atoms with E-state index in [4.69, 9.17) is 14.3 Å². The van der Waals surface area contributed by atoms with Crippen LogP contribution in [0.2, 0.25) is 0 Å². The maximum atomic E-state index is 6.48. The van der Waals surface area contributed by atoms with E-state index >= 15 is 0 Å². The average molecular weight is 345 g/mol. The summed E-state index contributed by atoms with van der Waals surface area (Å²) in [6.45, 7) is 12.1. The van der Waals surface area contributed by atoms with Gasteiger partial charge in [-0.05, 0) is 40.2 Å². The molecule has 1 aromatic rings. The Morgan fingerprint density at radius 1 is 0.920 bits per heavy atom. The summed E-state index contributed by atoms with van der Waals surface area (Å²) >= 11 is 0. The van der Waals surface area contributed by atoms with E-state index in [1.54, 1.807) is 0 Å². The molecule has 0 amide bonds. The minimum atomic E-state index is -0.549. The fourth-order valence-electron chi connectivity index (χ4n) is 4.35. The van der Waals surface area contributed by atoms with Gasteiger partial charge in [-0.2, -0.15) is 5.06 Å². The molecule has 0 aromatic heterocycles. The predicted octanol–water partition coefficient (Wildman–Crippen LogP) is 4.63. The molecule has 2 aliphatic rings. The number of ether oxygens (including phenoxy) is 2. The molecular formula is C21H31NO3.